The summed E-state index contributed by atoms with van der Waals surface area (Å²) in [4.78, 5) is 14.3. The lowest BCUT2D eigenvalue weighted by Gasteiger charge is -2.38. The molecule has 20 heavy (non-hydrogen) atoms. The zero-order chi connectivity index (χ0) is 15.1. The number of aliphatic hydroxyl groups excluding tert-OH is 1. The third-order valence-corrected chi connectivity index (χ3v) is 4.63. The first-order valence-electron chi connectivity index (χ1n) is 7.46. The highest BCUT2D eigenvalue weighted by Gasteiger charge is 2.45. The van der Waals surface area contributed by atoms with Crippen molar-refractivity contribution in [3.8, 4) is 0 Å². The minimum atomic E-state index is -2.61. The van der Waals surface area contributed by atoms with Crippen molar-refractivity contribution >= 4 is 5.91 Å². The van der Waals surface area contributed by atoms with Crippen LogP contribution in [0.25, 0.3) is 0 Å². The summed E-state index contributed by atoms with van der Waals surface area (Å²) in [6, 6.07) is -0.00700. The molecule has 5 heteroatoms. The summed E-state index contributed by atoms with van der Waals surface area (Å²) in [5.74, 6) is -2.95. The molecule has 0 spiro atoms. The number of alkyl halides is 2. The smallest absolute Gasteiger partial charge is 0.248 e. The largest absolute Gasteiger partial charge is 0.391 e. The number of rotatable bonds is 1. The first kappa shape index (κ1) is 15.7. The number of carbonyl (C=O) groups is 1. The number of hydrogen-bond donors (Lipinski definition) is 1. The lowest BCUT2D eigenvalue weighted by atomic mass is 9.82. The normalized spacial score (nSPS) is 31.6. The molecule has 1 aliphatic heterocycles. The molecule has 2 aliphatic rings. The third kappa shape index (κ3) is 3.30. The van der Waals surface area contributed by atoms with Gasteiger partial charge in [-0.1, -0.05) is 20.8 Å². The molecule has 3 nitrogen and oxygen atoms in total. The van der Waals surface area contributed by atoms with E-state index < -0.39 is 12.0 Å². The average molecular weight is 289 g/mol. The molecular formula is C15H25F2NO2. The van der Waals surface area contributed by atoms with Crippen LogP contribution in [0, 0.1) is 11.3 Å². The van der Waals surface area contributed by atoms with Crippen molar-refractivity contribution in [2.75, 3.05) is 6.54 Å². The summed E-state index contributed by atoms with van der Waals surface area (Å²) in [5, 5.41) is 9.85. The first-order valence-corrected chi connectivity index (χ1v) is 7.46. The molecular weight excluding hydrogens is 264 g/mol. The highest BCUT2D eigenvalue weighted by atomic mass is 19.3. The number of nitrogens with zero attached hydrogens (tertiary/aromatic N) is 1. The molecule has 1 aliphatic carbocycles. The number of likely N-dealkylation sites (tertiary alicyclic amines) is 1. The Morgan fingerprint density at radius 3 is 2.30 bits per heavy atom. The highest BCUT2D eigenvalue weighted by Crippen LogP contribution is 2.39. The third-order valence-electron chi connectivity index (χ3n) is 4.63. The fourth-order valence-electron chi connectivity index (χ4n) is 3.40. The number of carbonyl (C=O) groups excluding carboxylic acids is 1. The average Bonchev–Trinajstić information content (AvgIpc) is 2.70. The molecule has 1 N–H and O–H groups in total. The Labute approximate surface area is 119 Å². The number of β-amino-alcohol motifs (C(OH)–C–C–N with tert-alkyl or cyclic N) is 1. The summed E-state index contributed by atoms with van der Waals surface area (Å²) < 4.78 is 26.4. The predicted molar refractivity (Wildman–Crippen MR) is 72.5 cm³/mol. The molecule has 116 valence electrons. The maximum atomic E-state index is 13.2. The van der Waals surface area contributed by atoms with E-state index in [9.17, 15) is 18.7 Å². The zero-order valence-electron chi connectivity index (χ0n) is 12.5. The maximum Gasteiger partial charge on any atom is 0.248 e. The Kier molecular flexibility index (Phi) is 4.11. The molecule has 2 fully saturated rings. The van der Waals surface area contributed by atoms with E-state index in [0.717, 1.165) is 0 Å². The van der Waals surface area contributed by atoms with Crippen LogP contribution in [0.1, 0.15) is 52.9 Å². The van der Waals surface area contributed by atoms with Crippen LogP contribution in [0.2, 0.25) is 0 Å². The van der Waals surface area contributed by atoms with Gasteiger partial charge < -0.3 is 10.0 Å². The lowest BCUT2D eigenvalue weighted by Crippen LogP contribution is -2.46. The molecule has 0 bridgehead atoms. The Morgan fingerprint density at radius 1 is 1.25 bits per heavy atom. The van der Waals surface area contributed by atoms with E-state index in [2.05, 4.69) is 0 Å². The minimum Gasteiger partial charge on any atom is -0.391 e. The van der Waals surface area contributed by atoms with Gasteiger partial charge in [0.05, 0.1) is 6.10 Å². The van der Waals surface area contributed by atoms with Gasteiger partial charge in [-0.3, -0.25) is 4.79 Å². The van der Waals surface area contributed by atoms with Crippen molar-refractivity contribution in [2.45, 2.75) is 70.9 Å². The molecule has 2 rings (SSSR count). The Bertz CT molecular complexity index is 369. The van der Waals surface area contributed by atoms with Crippen molar-refractivity contribution in [3.05, 3.63) is 0 Å². The highest BCUT2D eigenvalue weighted by molar-refractivity contribution is 5.79. The number of hydrogen-bond acceptors (Lipinski definition) is 2. The first-order chi connectivity index (χ1) is 9.10. The van der Waals surface area contributed by atoms with Gasteiger partial charge in [-0.05, 0) is 24.7 Å². The quantitative estimate of drug-likeness (QED) is 0.806. The van der Waals surface area contributed by atoms with Crippen LogP contribution >= 0.6 is 0 Å². The predicted octanol–water partition coefficient (Wildman–Crippen LogP) is 2.82. The van der Waals surface area contributed by atoms with E-state index in [0.29, 0.717) is 13.0 Å². The van der Waals surface area contributed by atoms with Crippen molar-refractivity contribution in [1.29, 1.82) is 0 Å². The molecule has 0 aromatic carbocycles. The van der Waals surface area contributed by atoms with E-state index in [1.165, 1.54) is 0 Å². The van der Waals surface area contributed by atoms with Gasteiger partial charge in [0.1, 0.15) is 0 Å². The van der Waals surface area contributed by atoms with Crippen LogP contribution in [-0.4, -0.2) is 40.5 Å². The van der Waals surface area contributed by atoms with Gasteiger partial charge in [0, 0.05) is 31.3 Å². The number of aliphatic hydroxyl groups is 1. The SMILES string of the molecule is CC(C)(C)C1C[C@@H](O)CN1C(=O)C1CCC(F)(F)CC1. The van der Waals surface area contributed by atoms with E-state index in [1.54, 1.807) is 4.90 Å². The summed E-state index contributed by atoms with van der Waals surface area (Å²) in [6.45, 7) is 6.48. The molecule has 1 saturated carbocycles. The van der Waals surface area contributed by atoms with Crippen molar-refractivity contribution in [2.24, 2.45) is 11.3 Å². The van der Waals surface area contributed by atoms with Crippen LogP contribution in [0.15, 0.2) is 0 Å². The zero-order valence-corrected chi connectivity index (χ0v) is 12.5. The molecule has 0 aromatic rings. The second-order valence-electron chi connectivity index (χ2n) is 7.39. The molecule has 1 amide bonds. The van der Waals surface area contributed by atoms with Gasteiger partial charge in [0.2, 0.25) is 11.8 Å². The monoisotopic (exact) mass is 289 g/mol. The van der Waals surface area contributed by atoms with E-state index in [1.807, 2.05) is 20.8 Å². The van der Waals surface area contributed by atoms with Crippen LogP contribution in [0.3, 0.4) is 0 Å². The second kappa shape index (κ2) is 5.24. The van der Waals surface area contributed by atoms with Crippen LogP contribution < -0.4 is 0 Å². The lowest BCUT2D eigenvalue weighted by molar-refractivity contribution is -0.142. The van der Waals surface area contributed by atoms with Crippen molar-refractivity contribution < 1.29 is 18.7 Å². The molecule has 1 unspecified atom stereocenters. The summed E-state index contributed by atoms with van der Waals surface area (Å²) in [6.07, 6.45) is 0.219. The van der Waals surface area contributed by atoms with E-state index in [-0.39, 0.29) is 49.0 Å². The maximum absolute atomic E-state index is 13.2. The minimum absolute atomic E-state index is 0.00700. The summed E-state index contributed by atoms with van der Waals surface area (Å²) in [5.41, 5.74) is -0.105. The van der Waals surface area contributed by atoms with Gasteiger partial charge in [-0.2, -0.15) is 0 Å². The van der Waals surface area contributed by atoms with Crippen molar-refractivity contribution in [1.82, 2.24) is 4.90 Å². The molecule has 1 heterocycles. The Balaban J connectivity index is 2.05. The van der Waals surface area contributed by atoms with E-state index in [4.69, 9.17) is 0 Å². The Morgan fingerprint density at radius 2 is 1.80 bits per heavy atom. The molecule has 0 radical (unpaired) electrons. The van der Waals surface area contributed by atoms with Gasteiger partial charge in [-0.25, -0.2) is 8.78 Å². The van der Waals surface area contributed by atoms with Gasteiger partial charge >= 0.3 is 0 Å². The fraction of sp³-hybridized carbons (Fsp3) is 0.933. The molecule has 1 saturated heterocycles. The summed E-state index contributed by atoms with van der Waals surface area (Å²) >= 11 is 0. The van der Waals surface area contributed by atoms with Crippen LogP contribution in [0.4, 0.5) is 8.78 Å². The number of halogens is 2. The van der Waals surface area contributed by atoms with Crippen LogP contribution in [0.5, 0.6) is 0 Å². The topological polar surface area (TPSA) is 40.5 Å². The standard InChI is InChI=1S/C15H25F2NO2/c1-14(2,3)12-8-11(19)9-18(12)13(20)10-4-6-15(16,17)7-5-10/h10-12,19H,4-9H2,1-3H3/t11-,12?/m1/s1. The second-order valence-corrected chi connectivity index (χ2v) is 7.39. The molecule has 2 atom stereocenters. The Hall–Kier alpha value is -0.710. The van der Waals surface area contributed by atoms with Crippen LogP contribution in [-0.2, 0) is 4.79 Å². The summed E-state index contributed by atoms with van der Waals surface area (Å²) in [7, 11) is 0. The fourth-order valence-corrected chi connectivity index (χ4v) is 3.40. The van der Waals surface area contributed by atoms with Gasteiger partial charge in [0.15, 0.2) is 0 Å². The van der Waals surface area contributed by atoms with Gasteiger partial charge in [-0.15, -0.1) is 0 Å². The van der Waals surface area contributed by atoms with E-state index >= 15 is 0 Å². The van der Waals surface area contributed by atoms with Crippen molar-refractivity contribution in [3.63, 3.8) is 0 Å². The number of amides is 1. The van der Waals surface area contributed by atoms with Gasteiger partial charge in [0.25, 0.3) is 0 Å². The molecule has 0 aromatic heterocycles.